The molecule has 0 N–H and O–H groups in total. The van der Waals surface area contributed by atoms with E-state index in [1.165, 1.54) is 12.1 Å². The molecule has 1 amide bonds. The van der Waals surface area contributed by atoms with Gasteiger partial charge in [-0.15, -0.1) is 0 Å². The van der Waals surface area contributed by atoms with Gasteiger partial charge < -0.3 is 19.3 Å². The summed E-state index contributed by atoms with van der Waals surface area (Å²) >= 11 is 6.47. The zero-order valence-electron chi connectivity index (χ0n) is 25.9. The van der Waals surface area contributed by atoms with Crippen molar-refractivity contribution in [3.63, 3.8) is 0 Å². The lowest BCUT2D eigenvalue weighted by Gasteiger charge is -2.41. The highest BCUT2D eigenvalue weighted by Crippen LogP contribution is 2.55. The molecule has 1 spiro atoms. The van der Waals surface area contributed by atoms with E-state index >= 15 is 4.39 Å². The van der Waals surface area contributed by atoms with Gasteiger partial charge in [0, 0.05) is 55.9 Å². The van der Waals surface area contributed by atoms with Crippen molar-refractivity contribution in [3.05, 3.63) is 63.4 Å². The predicted octanol–water partition coefficient (Wildman–Crippen LogP) is 6.43. The van der Waals surface area contributed by atoms with Crippen LogP contribution in [-0.2, 0) is 19.9 Å². The Morgan fingerprint density at radius 2 is 1.84 bits per heavy atom. The largest absolute Gasteiger partial charge is 0.381 e. The minimum absolute atomic E-state index is 0.00354. The van der Waals surface area contributed by atoms with Gasteiger partial charge in [-0.05, 0) is 90.0 Å². The normalized spacial score (nSPS) is 27.1. The van der Waals surface area contributed by atoms with Gasteiger partial charge in [0.15, 0.2) is 0 Å². The van der Waals surface area contributed by atoms with Crippen LogP contribution in [0.15, 0.2) is 24.3 Å². The van der Waals surface area contributed by atoms with E-state index in [2.05, 4.69) is 18.0 Å². The molecule has 236 valence electrons. The van der Waals surface area contributed by atoms with Crippen molar-refractivity contribution in [3.8, 4) is 6.07 Å². The molecule has 2 unspecified atom stereocenters. The van der Waals surface area contributed by atoms with Gasteiger partial charge in [0.1, 0.15) is 23.3 Å². The first-order valence-electron chi connectivity index (χ1n) is 15.7. The summed E-state index contributed by atoms with van der Waals surface area (Å²) in [5, 5.41) is 10.5. The number of aryl methyl sites for hydroxylation is 1. The Balaban J connectivity index is 1.24. The molecule has 3 fully saturated rings. The molecule has 0 bridgehead atoms. The van der Waals surface area contributed by atoms with Gasteiger partial charge in [0.25, 0.3) is 0 Å². The molecule has 4 aliphatic rings. The van der Waals surface area contributed by atoms with Crippen LogP contribution < -0.4 is 0 Å². The zero-order chi connectivity index (χ0) is 31.4. The molecule has 7 nitrogen and oxygen atoms in total. The molecule has 3 aliphatic heterocycles. The number of rotatable bonds is 5. The number of amides is 1. The van der Waals surface area contributed by atoms with Crippen molar-refractivity contribution in [2.24, 2.45) is 11.3 Å². The summed E-state index contributed by atoms with van der Waals surface area (Å²) in [6.07, 6.45) is 3.69. The maximum absolute atomic E-state index is 15.2. The number of nitrogens with zero attached hydrogens (tertiary/aromatic N) is 4. The number of fused-ring (bicyclic) bond motifs is 2. The summed E-state index contributed by atoms with van der Waals surface area (Å²) in [7, 11) is 2.10. The van der Waals surface area contributed by atoms with E-state index in [0.29, 0.717) is 74.3 Å². The number of benzene rings is 1. The van der Waals surface area contributed by atoms with Crippen molar-refractivity contribution < 1.29 is 23.0 Å². The van der Waals surface area contributed by atoms with E-state index in [1.54, 1.807) is 0 Å². The molecule has 1 saturated carbocycles. The highest BCUT2D eigenvalue weighted by atomic mass is 35.5. The molecule has 2 saturated heterocycles. The van der Waals surface area contributed by atoms with E-state index in [4.69, 9.17) is 26.1 Å². The van der Waals surface area contributed by atoms with Gasteiger partial charge >= 0.3 is 0 Å². The Morgan fingerprint density at radius 1 is 1.14 bits per heavy atom. The van der Waals surface area contributed by atoms with Gasteiger partial charge in [-0.2, -0.15) is 5.26 Å². The number of hydrogen-bond acceptors (Lipinski definition) is 6. The molecule has 4 heterocycles. The minimum atomic E-state index is -0.798. The average molecular weight is 627 g/mol. The number of likely N-dealkylation sites (tertiary alicyclic amines) is 1. The van der Waals surface area contributed by atoms with Crippen molar-refractivity contribution in [2.75, 3.05) is 33.4 Å². The number of carbonyl (C=O) groups is 1. The fraction of sp³-hybridized carbons (Fsp3) is 0.618. The first kappa shape index (κ1) is 31.3. The molecular weight excluding hydrogens is 586 g/mol. The summed E-state index contributed by atoms with van der Waals surface area (Å²) < 4.78 is 41.3. The van der Waals surface area contributed by atoms with Gasteiger partial charge in [0.05, 0.1) is 27.9 Å². The molecule has 44 heavy (non-hydrogen) atoms. The highest BCUT2D eigenvalue weighted by Gasteiger charge is 2.54. The fourth-order valence-electron chi connectivity index (χ4n) is 7.93. The lowest BCUT2D eigenvalue weighted by Crippen LogP contribution is -2.48. The molecular formula is C34H41ClF2N4O3. The molecule has 2 aromatic rings. The Kier molecular flexibility index (Phi) is 8.51. The summed E-state index contributed by atoms with van der Waals surface area (Å²) in [6, 6.07) is 8.44. The van der Waals surface area contributed by atoms with Crippen molar-refractivity contribution in [2.45, 2.75) is 89.0 Å². The first-order valence-corrected chi connectivity index (χ1v) is 16.1. The number of carbonyl (C=O) groups excluding carboxylic acids is 1. The highest BCUT2D eigenvalue weighted by molar-refractivity contribution is 6.31. The quantitative estimate of drug-likeness (QED) is 0.380. The molecule has 0 radical (unpaired) electrons. The van der Waals surface area contributed by atoms with E-state index in [0.717, 1.165) is 30.2 Å². The summed E-state index contributed by atoms with van der Waals surface area (Å²) in [5.74, 6) is -1.98. The van der Waals surface area contributed by atoms with Crippen LogP contribution in [0.2, 0.25) is 5.02 Å². The van der Waals surface area contributed by atoms with E-state index < -0.39 is 34.7 Å². The summed E-state index contributed by atoms with van der Waals surface area (Å²) in [6.45, 7) is 7.92. The minimum Gasteiger partial charge on any atom is -0.381 e. The monoisotopic (exact) mass is 626 g/mol. The molecule has 1 aromatic heterocycles. The first-order chi connectivity index (χ1) is 20.9. The second-order valence-electron chi connectivity index (χ2n) is 13.7. The molecule has 6 rings (SSSR count). The van der Waals surface area contributed by atoms with Crippen LogP contribution in [0.25, 0.3) is 0 Å². The fourth-order valence-corrected chi connectivity index (χ4v) is 8.09. The maximum Gasteiger partial charge on any atom is 0.226 e. The van der Waals surface area contributed by atoms with Crippen LogP contribution in [-0.4, -0.2) is 66.1 Å². The van der Waals surface area contributed by atoms with Crippen LogP contribution in [0.4, 0.5) is 8.78 Å². The lowest BCUT2D eigenvalue weighted by atomic mass is 9.82. The van der Waals surface area contributed by atoms with E-state index in [1.807, 2.05) is 31.7 Å². The molecule has 1 aliphatic carbocycles. The third kappa shape index (κ3) is 5.53. The lowest BCUT2D eigenvalue weighted by molar-refractivity contribution is -0.153. The van der Waals surface area contributed by atoms with Gasteiger partial charge in [-0.3, -0.25) is 9.78 Å². The van der Waals surface area contributed by atoms with Crippen molar-refractivity contribution in [1.82, 2.24) is 14.8 Å². The smallest absolute Gasteiger partial charge is 0.226 e. The standard InChI is InChI=1S/C34H41ClF2N4O3/c1-20-28(35)18-27-30(39-20)34(44-31(27)33(2,3)19-38)9-11-41(12-10-34)32(42)26-17-23(40(4)22-7-13-43-14-8-22)16-25(26)24-6-5-21(36)15-29(24)37/h5-6,15,18,22-23,25-26,31H,7-14,16-17H2,1-4H3/t23?,25-,26+,31?/m0/s1. The predicted molar refractivity (Wildman–Crippen MR) is 162 cm³/mol. The number of halogens is 3. The maximum atomic E-state index is 15.2. The topological polar surface area (TPSA) is 78.7 Å². The number of hydrogen-bond donors (Lipinski definition) is 0. The van der Waals surface area contributed by atoms with Crippen LogP contribution in [0.1, 0.15) is 86.9 Å². The van der Waals surface area contributed by atoms with Gasteiger partial charge in [-0.25, -0.2) is 8.78 Å². The number of pyridine rings is 1. The van der Waals surface area contributed by atoms with Crippen LogP contribution >= 0.6 is 11.6 Å². The molecule has 4 atom stereocenters. The van der Waals surface area contributed by atoms with Crippen molar-refractivity contribution >= 4 is 17.5 Å². The van der Waals surface area contributed by atoms with Crippen molar-refractivity contribution in [1.29, 1.82) is 5.26 Å². The van der Waals surface area contributed by atoms with Gasteiger partial charge in [0.2, 0.25) is 5.91 Å². The third-order valence-corrected chi connectivity index (χ3v) is 11.0. The third-order valence-electron chi connectivity index (χ3n) is 10.6. The Bertz CT molecular complexity index is 1470. The SMILES string of the molecule is Cc1nc2c(cc1Cl)C(C(C)(C)C#N)OC21CCN(C(=O)[C@@H]2CC(N(C)C3CCOCC3)C[C@H]2c2ccc(F)cc2F)CC1. The van der Waals surface area contributed by atoms with E-state index in [9.17, 15) is 14.4 Å². The Morgan fingerprint density at radius 3 is 2.50 bits per heavy atom. The Labute approximate surface area is 263 Å². The van der Waals surface area contributed by atoms with Crippen LogP contribution in [0.3, 0.4) is 0 Å². The van der Waals surface area contributed by atoms with Gasteiger partial charge in [-0.1, -0.05) is 17.7 Å². The summed E-state index contributed by atoms with van der Waals surface area (Å²) in [4.78, 5) is 23.4. The second kappa shape index (κ2) is 11.9. The van der Waals surface area contributed by atoms with E-state index in [-0.39, 0.29) is 17.9 Å². The summed E-state index contributed by atoms with van der Waals surface area (Å²) in [5.41, 5.74) is 1.25. The number of nitriles is 1. The number of ether oxygens (including phenoxy) is 2. The number of piperidine rings is 1. The Hall–Kier alpha value is -2.64. The average Bonchev–Trinajstić information content (AvgIpc) is 3.58. The number of aromatic nitrogens is 1. The second-order valence-corrected chi connectivity index (χ2v) is 14.1. The zero-order valence-corrected chi connectivity index (χ0v) is 26.7. The van der Waals surface area contributed by atoms with Crippen LogP contribution in [0, 0.1) is 41.2 Å². The molecule has 10 heteroatoms. The molecule has 1 aromatic carbocycles. The van der Waals surface area contributed by atoms with Crippen LogP contribution in [0.5, 0.6) is 0 Å².